The highest BCUT2D eigenvalue weighted by Crippen LogP contribution is 2.21. The minimum absolute atomic E-state index is 0.390. The predicted molar refractivity (Wildman–Crippen MR) is 63.9 cm³/mol. The Morgan fingerprint density at radius 1 is 1.44 bits per heavy atom. The first-order valence-corrected chi connectivity index (χ1v) is 5.89. The van der Waals surface area contributed by atoms with Crippen molar-refractivity contribution in [3.8, 4) is 0 Å². The van der Waals surface area contributed by atoms with Gasteiger partial charge in [0.15, 0.2) is 5.65 Å². The van der Waals surface area contributed by atoms with Crippen LogP contribution < -0.4 is 0 Å². The van der Waals surface area contributed by atoms with Crippen LogP contribution in [0.4, 0.5) is 0 Å². The van der Waals surface area contributed by atoms with Crippen molar-refractivity contribution in [2.75, 3.05) is 0 Å². The van der Waals surface area contributed by atoms with Crippen LogP contribution in [-0.4, -0.2) is 19.6 Å². The highest BCUT2D eigenvalue weighted by molar-refractivity contribution is 6.29. The first kappa shape index (κ1) is 11.3. The smallest absolute Gasteiger partial charge is 0.165 e. The molecule has 1 unspecified atom stereocenters. The average molecular weight is 239 g/mol. The fourth-order valence-corrected chi connectivity index (χ4v) is 2.18. The molecule has 5 heteroatoms. The van der Waals surface area contributed by atoms with Crippen molar-refractivity contribution in [3.63, 3.8) is 0 Å². The highest BCUT2D eigenvalue weighted by atomic mass is 35.5. The van der Waals surface area contributed by atoms with Crippen LogP contribution in [0.25, 0.3) is 5.65 Å². The van der Waals surface area contributed by atoms with Gasteiger partial charge in [0.2, 0.25) is 0 Å². The van der Waals surface area contributed by atoms with Gasteiger partial charge in [0.25, 0.3) is 0 Å². The molecule has 0 radical (unpaired) electrons. The number of aromatic nitrogens is 4. The van der Waals surface area contributed by atoms with Gasteiger partial charge in [-0.15, -0.1) is 10.2 Å². The molecule has 0 saturated carbocycles. The van der Waals surface area contributed by atoms with Crippen molar-refractivity contribution >= 4 is 17.2 Å². The molecule has 1 atom stereocenters. The Kier molecular flexibility index (Phi) is 3.10. The number of hydrogen-bond acceptors (Lipinski definition) is 3. The largest absolute Gasteiger partial charge is 0.266 e. The third-order valence-corrected chi connectivity index (χ3v) is 2.91. The molecule has 0 aromatic carbocycles. The molecule has 0 aliphatic carbocycles. The number of nitrogens with zero attached hydrogens (tertiary/aromatic N) is 4. The van der Waals surface area contributed by atoms with Crippen LogP contribution in [0, 0.1) is 6.92 Å². The molecule has 0 aliphatic heterocycles. The van der Waals surface area contributed by atoms with E-state index in [2.05, 4.69) is 29.0 Å². The molecule has 16 heavy (non-hydrogen) atoms. The van der Waals surface area contributed by atoms with Crippen molar-refractivity contribution in [2.45, 2.75) is 39.5 Å². The third kappa shape index (κ3) is 1.89. The van der Waals surface area contributed by atoms with E-state index in [1.807, 2.05) is 11.3 Å². The Labute approximate surface area is 99.7 Å². The molecule has 2 aromatic rings. The lowest BCUT2D eigenvalue weighted by molar-refractivity contribution is 0.615. The molecule has 2 rings (SSSR count). The van der Waals surface area contributed by atoms with Crippen LogP contribution in [-0.2, 0) is 0 Å². The van der Waals surface area contributed by atoms with Gasteiger partial charge >= 0.3 is 0 Å². The lowest BCUT2D eigenvalue weighted by Crippen LogP contribution is -2.04. The second-order valence-electron chi connectivity index (χ2n) is 4.07. The van der Waals surface area contributed by atoms with E-state index in [4.69, 9.17) is 11.6 Å². The van der Waals surface area contributed by atoms with Crippen LogP contribution >= 0.6 is 11.6 Å². The van der Waals surface area contributed by atoms with Gasteiger partial charge in [-0.25, -0.2) is 4.98 Å². The normalized spacial score (nSPS) is 13.2. The van der Waals surface area contributed by atoms with Crippen molar-refractivity contribution in [1.82, 2.24) is 19.6 Å². The van der Waals surface area contributed by atoms with E-state index >= 15 is 0 Å². The summed E-state index contributed by atoms with van der Waals surface area (Å²) in [6.07, 6.45) is 2.24. The molecule has 0 saturated heterocycles. The quantitative estimate of drug-likeness (QED) is 0.772. The topological polar surface area (TPSA) is 43.1 Å². The first-order chi connectivity index (χ1) is 7.63. The van der Waals surface area contributed by atoms with Gasteiger partial charge in [0.05, 0.1) is 0 Å². The zero-order valence-corrected chi connectivity index (χ0v) is 10.5. The van der Waals surface area contributed by atoms with Crippen LogP contribution in [0.3, 0.4) is 0 Å². The number of fused-ring (bicyclic) bond motifs is 1. The SMILES string of the molecule is CCCC(C)c1nnc2cc(Cl)nc(C)n12. The van der Waals surface area contributed by atoms with E-state index in [0.717, 1.165) is 30.1 Å². The standard InChI is InChI=1S/C11H15ClN4/c1-4-5-7(2)11-15-14-10-6-9(12)13-8(3)16(10)11/h6-7H,4-5H2,1-3H3. The van der Waals surface area contributed by atoms with Crippen LogP contribution in [0.15, 0.2) is 6.07 Å². The molecule has 0 fully saturated rings. The molecular weight excluding hydrogens is 224 g/mol. The fraction of sp³-hybridized carbons (Fsp3) is 0.545. The summed E-state index contributed by atoms with van der Waals surface area (Å²) >= 11 is 5.88. The molecule has 0 spiro atoms. The van der Waals surface area contributed by atoms with E-state index in [-0.39, 0.29) is 0 Å². The molecular formula is C11H15ClN4. The van der Waals surface area contributed by atoms with Crippen LogP contribution in [0.1, 0.15) is 44.3 Å². The van der Waals surface area contributed by atoms with Crippen molar-refractivity contribution in [2.24, 2.45) is 0 Å². The Hall–Kier alpha value is -1.16. The summed E-state index contributed by atoms with van der Waals surface area (Å²) in [5.74, 6) is 2.20. The van der Waals surface area contributed by atoms with Crippen molar-refractivity contribution < 1.29 is 0 Å². The molecule has 4 nitrogen and oxygen atoms in total. The number of hydrogen-bond donors (Lipinski definition) is 0. The molecule has 86 valence electrons. The van der Waals surface area contributed by atoms with Gasteiger partial charge in [-0.1, -0.05) is 31.9 Å². The number of rotatable bonds is 3. The summed E-state index contributed by atoms with van der Waals surface area (Å²) in [4.78, 5) is 4.23. The van der Waals surface area contributed by atoms with Crippen LogP contribution in [0.2, 0.25) is 5.15 Å². The van der Waals surface area contributed by atoms with Gasteiger partial charge in [-0.05, 0) is 13.3 Å². The second-order valence-corrected chi connectivity index (χ2v) is 4.45. The summed E-state index contributed by atoms with van der Waals surface area (Å²) in [7, 11) is 0. The Morgan fingerprint density at radius 3 is 2.88 bits per heavy atom. The predicted octanol–water partition coefficient (Wildman–Crippen LogP) is 2.99. The fourth-order valence-electron chi connectivity index (χ4n) is 1.96. The maximum Gasteiger partial charge on any atom is 0.165 e. The van der Waals surface area contributed by atoms with Gasteiger partial charge in [0, 0.05) is 12.0 Å². The van der Waals surface area contributed by atoms with Gasteiger partial charge in [-0.2, -0.15) is 0 Å². The molecule has 2 aromatic heterocycles. The second kappa shape index (κ2) is 4.37. The summed E-state index contributed by atoms with van der Waals surface area (Å²) in [5.41, 5.74) is 0.774. The Bertz CT molecular complexity index is 506. The van der Waals surface area contributed by atoms with Gasteiger partial charge in [0.1, 0.15) is 16.8 Å². The van der Waals surface area contributed by atoms with E-state index < -0.39 is 0 Å². The minimum atomic E-state index is 0.390. The average Bonchev–Trinajstić information content (AvgIpc) is 2.61. The lowest BCUT2D eigenvalue weighted by Gasteiger charge is -2.09. The van der Waals surface area contributed by atoms with E-state index in [1.54, 1.807) is 6.07 Å². The Morgan fingerprint density at radius 2 is 2.19 bits per heavy atom. The summed E-state index contributed by atoms with van der Waals surface area (Å²) in [6, 6.07) is 1.74. The molecule has 0 bridgehead atoms. The number of aryl methyl sites for hydroxylation is 1. The first-order valence-electron chi connectivity index (χ1n) is 5.51. The minimum Gasteiger partial charge on any atom is -0.266 e. The summed E-state index contributed by atoms with van der Waals surface area (Å²) in [5, 5.41) is 8.83. The maximum absolute atomic E-state index is 5.88. The van der Waals surface area contributed by atoms with Crippen molar-refractivity contribution in [3.05, 3.63) is 22.9 Å². The summed E-state index contributed by atoms with van der Waals surface area (Å²) in [6.45, 7) is 6.25. The monoisotopic (exact) mass is 238 g/mol. The summed E-state index contributed by atoms with van der Waals surface area (Å²) < 4.78 is 1.98. The molecule has 0 N–H and O–H groups in total. The van der Waals surface area contributed by atoms with E-state index in [1.165, 1.54) is 0 Å². The molecule has 0 aliphatic rings. The van der Waals surface area contributed by atoms with Crippen molar-refractivity contribution in [1.29, 1.82) is 0 Å². The highest BCUT2D eigenvalue weighted by Gasteiger charge is 2.15. The molecule has 2 heterocycles. The van der Waals surface area contributed by atoms with E-state index in [0.29, 0.717) is 11.1 Å². The maximum atomic E-state index is 5.88. The van der Waals surface area contributed by atoms with Crippen LogP contribution in [0.5, 0.6) is 0 Å². The lowest BCUT2D eigenvalue weighted by atomic mass is 10.1. The number of halogens is 1. The third-order valence-electron chi connectivity index (χ3n) is 2.72. The Balaban J connectivity index is 2.55. The van der Waals surface area contributed by atoms with Gasteiger partial charge < -0.3 is 0 Å². The van der Waals surface area contributed by atoms with E-state index in [9.17, 15) is 0 Å². The molecule has 0 amide bonds. The van der Waals surface area contributed by atoms with Gasteiger partial charge in [-0.3, -0.25) is 4.40 Å². The zero-order chi connectivity index (χ0) is 11.7. The zero-order valence-electron chi connectivity index (χ0n) is 9.74.